The lowest BCUT2D eigenvalue weighted by molar-refractivity contribution is -0.134. The highest BCUT2D eigenvalue weighted by Crippen LogP contribution is 2.10. The minimum absolute atomic E-state index is 0.0584. The highest BCUT2D eigenvalue weighted by Gasteiger charge is 2.20. The summed E-state index contributed by atoms with van der Waals surface area (Å²) in [5.74, 6) is -0.299. The molecular weight excluding hydrogens is 272 g/mol. The first-order valence-electron chi connectivity index (χ1n) is 6.66. The first-order chi connectivity index (χ1) is 9.40. The zero-order chi connectivity index (χ0) is 15.1. The molecule has 2 amide bonds. The number of thiol groups is 1. The quantitative estimate of drug-likeness (QED) is 0.781. The zero-order valence-electron chi connectivity index (χ0n) is 12.2. The molecule has 1 N–H and O–H groups in total. The van der Waals surface area contributed by atoms with Gasteiger partial charge in [0.2, 0.25) is 11.8 Å². The van der Waals surface area contributed by atoms with Crippen LogP contribution in [0, 0.1) is 0 Å². The Morgan fingerprint density at radius 1 is 1.25 bits per heavy atom. The number of carbonyl (C=O) groups excluding carboxylic acids is 2. The number of nitrogens with one attached hydrogen (secondary N) is 1. The third-order valence-electron chi connectivity index (χ3n) is 2.76. The van der Waals surface area contributed by atoms with Gasteiger partial charge in [0.25, 0.3) is 0 Å². The van der Waals surface area contributed by atoms with Gasteiger partial charge in [-0.05, 0) is 25.8 Å². The van der Waals surface area contributed by atoms with Crippen molar-refractivity contribution in [3.63, 3.8) is 0 Å². The molecule has 0 bridgehead atoms. The maximum absolute atomic E-state index is 12.1. The van der Waals surface area contributed by atoms with Crippen molar-refractivity contribution in [2.24, 2.45) is 0 Å². The Labute approximate surface area is 126 Å². The first-order valence-corrected chi connectivity index (χ1v) is 7.18. The SMILES string of the molecule is CC(C)NC(=O)CN(C)C(=O)C(S)Cc1ccccc1. The second-order valence-corrected chi connectivity index (χ2v) is 5.75. The molecule has 1 aromatic rings. The maximum Gasteiger partial charge on any atom is 0.239 e. The average molecular weight is 294 g/mol. The van der Waals surface area contributed by atoms with Gasteiger partial charge in [0, 0.05) is 13.1 Å². The van der Waals surface area contributed by atoms with E-state index in [1.165, 1.54) is 4.90 Å². The Morgan fingerprint density at radius 3 is 2.40 bits per heavy atom. The van der Waals surface area contributed by atoms with Gasteiger partial charge in [-0.25, -0.2) is 0 Å². The molecule has 5 heteroatoms. The average Bonchev–Trinajstić information content (AvgIpc) is 2.37. The molecule has 0 heterocycles. The van der Waals surface area contributed by atoms with E-state index in [4.69, 9.17) is 0 Å². The van der Waals surface area contributed by atoms with Crippen LogP contribution in [0.3, 0.4) is 0 Å². The lowest BCUT2D eigenvalue weighted by Gasteiger charge is -2.21. The van der Waals surface area contributed by atoms with Crippen LogP contribution in [0.1, 0.15) is 19.4 Å². The summed E-state index contributed by atoms with van der Waals surface area (Å²) >= 11 is 4.35. The molecule has 1 aromatic carbocycles. The largest absolute Gasteiger partial charge is 0.352 e. The van der Waals surface area contributed by atoms with Gasteiger partial charge >= 0.3 is 0 Å². The third-order valence-corrected chi connectivity index (χ3v) is 3.17. The van der Waals surface area contributed by atoms with Gasteiger partial charge in [-0.3, -0.25) is 9.59 Å². The van der Waals surface area contributed by atoms with Crippen LogP contribution in [-0.4, -0.2) is 41.6 Å². The van der Waals surface area contributed by atoms with E-state index in [9.17, 15) is 9.59 Å². The molecule has 0 saturated carbocycles. The number of nitrogens with zero attached hydrogens (tertiary/aromatic N) is 1. The van der Waals surface area contributed by atoms with Crippen LogP contribution in [0.25, 0.3) is 0 Å². The summed E-state index contributed by atoms with van der Waals surface area (Å²) in [6.45, 7) is 3.83. The summed E-state index contributed by atoms with van der Waals surface area (Å²) in [5.41, 5.74) is 1.06. The summed E-state index contributed by atoms with van der Waals surface area (Å²) in [6.07, 6.45) is 0.554. The molecule has 20 heavy (non-hydrogen) atoms. The molecule has 1 atom stereocenters. The molecule has 0 fully saturated rings. The lowest BCUT2D eigenvalue weighted by atomic mass is 10.1. The monoisotopic (exact) mass is 294 g/mol. The molecule has 1 rings (SSSR count). The van der Waals surface area contributed by atoms with Crippen molar-refractivity contribution in [1.82, 2.24) is 10.2 Å². The number of benzene rings is 1. The van der Waals surface area contributed by atoms with E-state index in [0.29, 0.717) is 6.42 Å². The second kappa shape index (κ2) is 7.94. The van der Waals surface area contributed by atoms with Gasteiger partial charge in [0.05, 0.1) is 11.8 Å². The Balaban J connectivity index is 2.49. The summed E-state index contributed by atoms with van der Waals surface area (Å²) < 4.78 is 0. The fourth-order valence-corrected chi connectivity index (χ4v) is 2.25. The molecule has 0 saturated heterocycles. The normalized spacial score (nSPS) is 12.1. The van der Waals surface area contributed by atoms with Gasteiger partial charge < -0.3 is 10.2 Å². The topological polar surface area (TPSA) is 49.4 Å². The maximum atomic E-state index is 12.1. The number of carbonyl (C=O) groups is 2. The molecule has 110 valence electrons. The number of amides is 2. The summed E-state index contributed by atoms with van der Waals surface area (Å²) in [7, 11) is 1.62. The minimum Gasteiger partial charge on any atom is -0.352 e. The van der Waals surface area contributed by atoms with E-state index in [1.807, 2.05) is 44.2 Å². The Morgan fingerprint density at radius 2 is 1.85 bits per heavy atom. The molecule has 0 aromatic heterocycles. The van der Waals surface area contributed by atoms with Crippen molar-refractivity contribution < 1.29 is 9.59 Å². The Hall–Kier alpha value is -1.49. The van der Waals surface area contributed by atoms with Crippen molar-refractivity contribution in [3.05, 3.63) is 35.9 Å². The van der Waals surface area contributed by atoms with Gasteiger partial charge in [0.15, 0.2) is 0 Å². The van der Waals surface area contributed by atoms with Crippen molar-refractivity contribution in [3.8, 4) is 0 Å². The summed E-state index contributed by atoms with van der Waals surface area (Å²) in [5, 5.41) is 2.32. The van der Waals surface area contributed by atoms with Gasteiger partial charge in [-0.2, -0.15) is 12.6 Å². The van der Waals surface area contributed by atoms with Crippen LogP contribution in [0.4, 0.5) is 0 Å². The summed E-state index contributed by atoms with van der Waals surface area (Å²) in [4.78, 5) is 25.2. The molecule has 0 aliphatic rings. The van der Waals surface area contributed by atoms with Crippen LogP contribution >= 0.6 is 12.6 Å². The van der Waals surface area contributed by atoms with Crippen molar-refractivity contribution >= 4 is 24.4 Å². The van der Waals surface area contributed by atoms with Gasteiger partial charge in [-0.15, -0.1) is 0 Å². The molecule has 0 spiro atoms. The number of rotatable bonds is 6. The molecule has 4 nitrogen and oxygen atoms in total. The van der Waals surface area contributed by atoms with Crippen LogP contribution in [0.5, 0.6) is 0 Å². The van der Waals surface area contributed by atoms with Gasteiger partial charge in [-0.1, -0.05) is 30.3 Å². The highest BCUT2D eigenvalue weighted by atomic mass is 32.1. The fourth-order valence-electron chi connectivity index (χ4n) is 1.84. The zero-order valence-corrected chi connectivity index (χ0v) is 13.1. The third kappa shape index (κ3) is 5.65. The van der Waals surface area contributed by atoms with Crippen molar-refractivity contribution in [1.29, 1.82) is 0 Å². The second-order valence-electron chi connectivity index (χ2n) is 5.12. The Bertz CT molecular complexity index is 448. The molecule has 0 aliphatic carbocycles. The predicted molar refractivity (Wildman–Crippen MR) is 83.8 cm³/mol. The van der Waals surface area contributed by atoms with E-state index in [2.05, 4.69) is 17.9 Å². The first kappa shape index (κ1) is 16.6. The van der Waals surface area contributed by atoms with Crippen LogP contribution in [0.2, 0.25) is 0 Å². The number of hydrogen-bond acceptors (Lipinski definition) is 3. The predicted octanol–water partition coefficient (Wildman–Crippen LogP) is 1.51. The lowest BCUT2D eigenvalue weighted by Crippen LogP contribution is -2.43. The molecular formula is C15H22N2O2S. The van der Waals surface area contributed by atoms with Gasteiger partial charge in [0.1, 0.15) is 0 Å². The van der Waals surface area contributed by atoms with E-state index in [0.717, 1.165) is 5.56 Å². The van der Waals surface area contributed by atoms with E-state index < -0.39 is 5.25 Å². The standard InChI is InChI=1S/C15H22N2O2S/c1-11(2)16-14(18)10-17(3)15(19)13(20)9-12-7-5-4-6-8-12/h4-8,11,13,20H,9-10H2,1-3H3,(H,16,18). The molecule has 1 unspecified atom stereocenters. The highest BCUT2D eigenvalue weighted by molar-refractivity contribution is 7.81. The molecule has 0 radical (unpaired) electrons. The summed E-state index contributed by atoms with van der Waals surface area (Å²) in [6, 6.07) is 9.79. The van der Waals surface area contributed by atoms with Crippen LogP contribution < -0.4 is 5.32 Å². The minimum atomic E-state index is -0.436. The fraction of sp³-hybridized carbons (Fsp3) is 0.467. The van der Waals surface area contributed by atoms with E-state index in [-0.39, 0.29) is 24.4 Å². The number of likely N-dealkylation sites (N-methyl/N-ethyl adjacent to an activating group) is 1. The Kier molecular flexibility index (Phi) is 6.58. The van der Waals surface area contributed by atoms with E-state index in [1.54, 1.807) is 7.05 Å². The number of hydrogen-bond donors (Lipinski definition) is 2. The van der Waals surface area contributed by atoms with Crippen LogP contribution in [0.15, 0.2) is 30.3 Å². The van der Waals surface area contributed by atoms with Crippen molar-refractivity contribution in [2.45, 2.75) is 31.6 Å². The van der Waals surface area contributed by atoms with Crippen molar-refractivity contribution in [2.75, 3.05) is 13.6 Å². The molecule has 0 aliphatic heterocycles. The van der Waals surface area contributed by atoms with Crippen LogP contribution in [-0.2, 0) is 16.0 Å². The van der Waals surface area contributed by atoms with E-state index >= 15 is 0 Å². The smallest absolute Gasteiger partial charge is 0.239 e.